The number of hydrogen-bond acceptors (Lipinski definition) is 6. The molecule has 1 aromatic heterocycles. The second kappa shape index (κ2) is 7.53. The van der Waals surface area contributed by atoms with Gasteiger partial charge in [-0.15, -0.1) is 0 Å². The molecule has 6 nitrogen and oxygen atoms in total. The molecule has 0 N–H and O–H groups in total. The van der Waals surface area contributed by atoms with Crippen LogP contribution in [0.2, 0.25) is 0 Å². The van der Waals surface area contributed by atoms with E-state index in [0.717, 1.165) is 24.9 Å². The third-order valence-corrected chi connectivity index (χ3v) is 4.50. The Bertz CT molecular complexity index is 723. The van der Waals surface area contributed by atoms with Crippen LogP contribution in [0.3, 0.4) is 0 Å². The number of likely N-dealkylation sites (tertiary alicyclic amines) is 1. The van der Waals surface area contributed by atoms with E-state index in [-0.39, 0.29) is 5.75 Å². The number of esters is 1. The Kier molecular flexibility index (Phi) is 5.19. The van der Waals surface area contributed by atoms with Gasteiger partial charge >= 0.3 is 5.97 Å². The van der Waals surface area contributed by atoms with E-state index >= 15 is 0 Å². The van der Waals surface area contributed by atoms with Crippen molar-refractivity contribution in [1.82, 2.24) is 9.88 Å². The normalized spacial score (nSPS) is 17.3. The van der Waals surface area contributed by atoms with Crippen LogP contribution in [0.1, 0.15) is 34.8 Å². The topological polar surface area (TPSA) is 60.9 Å². The van der Waals surface area contributed by atoms with Crippen molar-refractivity contribution in [3.05, 3.63) is 47.8 Å². The van der Waals surface area contributed by atoms with Gasteiger partial charge in [-0.05, 0) is 56.3 Å². The third-order valence-electron chi connectivity index (χ3n) is 4.50. The van der Waals surface area contributed by atoms with Gasteiger partial charge in [0.05, 0.1) is 19.8 Å². The smallest absolute Gasteiger partial charge is 0.343 e. The number of nitrogens with zero attached hydrogens (tertiary/aromatic N) is 2. The summed E-state index contributed by atoms with van der Waals surface area (Å²) in [7, 11) is 5.22. The third kappa shape index (κ3) is 3.58. The van der Waals surface area contributed by atoms with Crippen LogP contribution < -0.4 is 14.2 Å². The van der Waals surface area contributed by atoms with E-state index in [2.05, 4.69) is 16.9 Å². The SMILES string of the molecule is COc1cc(C2CCCN2C)cc(OC)c1OC(=O)c1ccncc1. The molecule has 1 aliphatic heterocycles. The molecule has 0 radical (unpaired) electrons. The number of carbonyl (C=O) groups excluding carboxylic acids is 1. The van der Waals surface area contributed by atoms with Crippen LogP contribution in [0.15, 0.2) is 36.7 Å². The summed E-state index contributed by atoms with van der Waals surface area (Å²) >= 11 is 0. The Morgan fingerprint density at radius 1 is 1.16 bits per heavy atom. The van der Waals surface area contributed by atoms with Gasteiger partial charge in [0, 0.05) is 18.4 Å². The molecule has 1 unspecified atom stereocenters. The molecule has 0 spiro atoms. The highest BCUT2D eigenvalue weighted by atomic mass is 16.6. The van der Waals surface area contributed by atoms with E-state index in [0.29, 0.717) is 23.1 Å². The molecule has 1 atom stereocenters. The Morgan fingerprint density at radius 3 is 2.32 bits per heavy atom. The van der Waals surface area contributed by atoms with Gasteiger partial charge in [0.25, 0.3) is 0 Å². The van der Waals surface area contributed by atoms with Crippen LogP contribution in [-0.2, 0) is 0 Å². The summed E-state index contributed by atoms with van der Waals surface area (Å²) in [6.07, 6.45) is 5.33. The maximum atomic E-state index is 12.4. The number of carbonyl (C=O) groups is 1. The van der Waals surface area contributed by atoms with Crippen molar-refractivity contribution < 1.29 is 19.0 Å². The number of rotatable bonds is 5. The minimum absolute atomic E-state index is 0.288. The van der Waals surface area contributed by atoms with E-state index in [9.17, 15) is 4.79 Å². The van der Waals surface area contributed by atoms with Gasteiger partial charge in [-0.3, -0.25) is 9.88 Å². The fourth-order valence-corrected chi connectivity index (χ4v) is 3.16. The lowest BCUT2D eigenvalue weighted by atomic mass is 10.0. The zero-order valence-corrected chi connectivity index (χ0v) is 14.7. The van der Waals surface area contributed by atoms with Crippen molar-refractivity contribution in [2.75, 3.05) is 27.8 Å². The van der Waals surface area contributed by atoms with Gasteiger partial charge in [0.2, 0.25) is 5.75 Å². The van der Waals surface area contributed by atoms with Crippen molar-refractivity contribution >= 4 is 5.97 Å². The Balaban J connectivity index is 1.94. The highest BCUT2D eigenvalue weighted by Crippen LogP contribution is 2.43. The van der Waals surface area contributed by atoms with E-state index in [1.807, 2.05) is 12.1 Å². The first kappa shape index (κ1) is 17.2. The van der Waals surface area contributed by atoms with Crippen LogP contribution in [0, 0.1) is 0 Å². The summed E-state index contributed by atoms with van der Waals surface area (Å²) in [6.45, 7) is 1.06. The summed E-state index contributed by atoms with van der Waals surface area (Å²) in [5.74, 6) is 0.773. The molecule has 0 bridgehead atoms. The molecule has 3 rings (SSSR count). The Hall–Kier alpha value is -2.60. The summed E-state index contributed by atoms with van der Waals surface area (Å²) in [4.78, 5) is 18.6. The van der Waals surface area contributed by atoms with Gasteiger partial charge in [-0.1, -0.05) is 0 Å². The van der Waals surface area contributed by atoms with Crippen LogP contribution >= 0.6 is 0 Å². The van der Waals surface area contributed by atoms with Crippen molar-refractivity contribution in [2.24, 2.45) is 0 Å². The Labute approximate surface area is 147 Å². The molecule has 1 saturated heterocycles. The molecule has 1 aliphatic rings. The average molecular weight is 342 g/mol. The first-order valence-corrected chi connectivity index (χ1v) is 8.22. The lowest BCUT2D eigenvalue weighted by Crippen LogP contribution is -2.18. The average Bonchev–Trinajstić information content (AvgIpc) is 3.08. The van der Waals surface area contributed by atoms with Gasteiger partial charge in [0.15, 0.2) is 11.5 Å². The molecule has 25 heavy (non-hydrogen) atoms. The Morgan fingerprint density at radius 2 is 1.80 bits per heavy atom. The molecule has 2 aromatic rings. The van der Waals surface area contributed by atoms with E-state index in [1.54, 1.807) is 38.7 Å². The minimum Gasteiger partial charge on any atom is -0.493 e. The second-order valence-electron chi connectivity index (χ2n) is 6.02. The maximum Gasteiger partial charge on any atom is 0.343 e. The standard InChI is InChI=1S/C19H22N2O4/c1-21-10-4-5-15(21)14-11-16(23-2)18(17(12-14)24-3)25-19(22)13-6-8-20-9-7-13/h6-9,11-12,15H,4-5,10H2,1-3H3. The number of benzene rings is 1. The van der Waals surface area contributed by atoms with E-state index < -0.39 is 5.97 Å². The summed E-state index contributed by atoms with van der Waals surface area (Å²) in [5, 5.41) is 0. The molecule has 1 fully saturated rings. The molecule has 0 aliphatic carbocycles. The van der Waals surface area contributed by atoms with E-state index in [1.165, 1.54) is 0 Å². The molecule has 6 heteroatoms. The minimum atomic E-state index is -0.482. The lowest BCUT2D eigenvalue weighted by molar-refractivity contribution is 0.0724. The second-order valence-corrected chi connectivity index (χ2v) is 6.02. The predicted molar refractivity (Wildman–Crippen MR) is 93.3 cm³/mol. The maximum absolute atomic E-state index is 12.4. The van der Waals surface area contributed by atoms with Crippen molar-refractivity contribution in [3.63, 3.8) is 0 Å². The highest BCUT2D eigenvalue weighted by molar-refractivity contribution is 5.91. The molecule has 1 aromatic carbocycles. The van der Waals surface area contributed by atoms with Gasteiger partial charge in [-0.2, -0.15) is 0 Å². The molecule has 0 amide bonds. The molecular weight excluding hydrogens is 320 g/mol. The van der Waals surface area contributed by atoms with Crippen molar-refractivity contribution in [3.8, 4) is 17.2 Å². The quantitative estimate of drug-likeness (QED) is 0.615. The number of pyridine rings is 1. The zero-order valence-electron chi connectivity index (χ0n) is 14.7. The number of aromatic nitrogens is 1. The molecule has 2 heterocycles. The fraction of sp³-hybridized carbons (Fsp3) is 0.368. The van der Waals surface area contributed by atoms with Crippen molar-refractivity contribution in [1.29, 1.82) is 0 Å². The summed E-state index contributed by atoms with van der Waals surface area (Å²) < 4.78 is 16.5. The number of methoxy groups -OCH3 is 2. The largest absolute Gasteiger partial charge is 0.493 e. The van der Waals surface area contributed by atoms with Crippen LogP contribution in [-0.4, -0.2) is 43.7 Å². The fourth-order valence-electron chi connectivity index (χ4n) is 3.16. The van der Waals surface area contributed by atoms with Gasteiger partial charge < -0.3 is 14.2 Å². The summed E-state index contributed by atoms with van der Waals surface area (Å²) in [6, 6.07) is 7.36. The number of hydrogen-bond donors (Lipinski definition) is 0. The van der Waals surface area contributed by atoms with Crippen molar-refractivity contribution in [2.45, 2.75) is 18.9 Å². The first-order valence-electron chi connectivity index (χ1n) is 8.22. The van der Waals surface area contributed by atoms with Gasteiger partial charge in [0.1, 0.15) is 0 Å². The molecule has 132 valence electrons. The predicted octanol–water partition coefficient (Wildman–Crippen LogP) is 3.08. The summed E-state index contributed by atoms with van der Waals surface area (Å²) in [5.41, 5.74) is 1.51. The van der Waals surface area contributed by atoms with Gasteiger partial charge in [-0.25, -0.2) is 4.79 Å². The van der Waals surface area contributed by atoms with Crippen LogP contribution in [0.4, 0.5) is 0 Å². The molecule has 0 saturated carbocycles. The first-order chi connectivity index (χ1) is 12.1. The molecular formula is C19H22N2O4. The van der Waals surface area contributed by atoms with E-state index in [4.69, 9.17) is 14.2 Å². The zero-order chi connectivity index (χ0) is 17.8. The van der Waals surface area contributed by atoms with Crippen LogP contribution in [0.25, 0.3) is 0 Å². The highest BCUT2D eigenvalue weighted by Gasteiger charge is 2.26. The monoisotopic (exact) mass is 342 g/mol. The lowest BCUT2D eigenvalue weighted by Gasteiger charge is -2.22. The number of ether oxygens (including phenoxy) is 3. The van der Waals surface area contributed by atoms with Crippen LogP contribution in [0.5, 0.6) is 17.2 Å².